The number of benzene rings is 1. The molecule has 1 atom stereocenters. The third-order valence-electron chi connectivity index (χ3n) is 4.06. The van der Waals surface area contributed by atoms with Crippen LogP contribution in [0.1, 0.15) is 30.9 Å². The SMILES string of the molecule is CSC1(CN=C(N)NC2CCOc3ccccc32)CC1. The predicted molar refractivity (Wildman–Crippen MR) is 84.4 cm³/mol. The number of para-hydroxylation sites is 1. The first-order valence-electron chi connectivity index (χ1n) is 7.06. The zero-order valence-corrected chi connectivity index (χ0v) is 12.6. The van der Waals surface area contributed by atoms with E-state index in [9.17, 15) is 0 Å². The van der Waals surface area contributed by atoms with E-state index in [2.05, 4.69) is 22.6 Å². The van der Waals surface area contributed by atoms with Gasteiger partial charge in [0.2, 0.25) is 0 Å². The topological polar surface area (TPSA) is 59.6 Å². The van der Waals surface area contributed by atoms with Crippen molar-refractivity contribution in [1.82, 2.24) is 5.32 Å². The van der Waals surface area contributed by atoms with Gasteiger partial charge in [0.05, 0.1) is 19.2 Å². The molecule has 3 rings (SSSR count). The largest absolute Gasteiger partial charge is 0.493 e. The van der Waals surface area contributed by atoms with Gasteiger partial charge in [0.1, 0.15) is 5.75 Å². The number of hydrogen-bond donors (Lipinski definition) is 2. The number of hydrogen-bond acceptors (Lipinski definition) is 3. The third-order valence-corrected chi connectivity index (χ3v) is 5.46. The van der Waals surface area contributed by atoms with Gasteiger partial charge in [-0.3, -0.25) is 4.99 Å². The Hall–Kier alpha value is -1.36. The number of rotatable bonds is 4. The first-order chi connectivity index (χ1) is 9.72. The number of nitrogens with one attached hydrogen (secondary N) is 1. The molecule has 0 saturated heterocycles. The van der Waals surface area contributed by atoms with Crippen molar-refractivity contribution >= 4 is 17.7 Å². The van der Waals surface area contributed by atoms with E-state index in [4.69, 9.17) is 10.5 Å². The summed E-state index contributed by atoms with van der Waals surface area (Å²) in [5.74, 6) is 1.50. The fourth-order valence-corrected chi connectivity index (χ4v) is 3.22. The molecule has 4 nitrogen and oxygen atoms in total. The summed E-state index contributed by atoms with van der Waals surface area (Å²) in [6.45, 7) is 1.54. The number of guanidine groups is 1. The Labute approximate surface area is 124 Å². The van der Waals surface area contributed by atoms with Crippen molar-refractivity contribution in [2.24, 2.45) is 10.7 Å². The summed E-state index contributed by atoms with van der Waals surface area (Å²) < 4.78 is 6.01. The monoisotopic (exact) mass is 291 g/mol. The Bertz CT molecular complexity index is 514. The molecule has 1 aromatic rings. The molecule has 1 aromatic carbocycles. The van der Waals surface area contributed by atoms with E-state index < -0.39 is 0 Å². The highest BCUT2D eigenvalue weighted by molar-refractivity contribution is 8.00. The van der Waals surface area contributed by atoms with Crippen LogP contribution in [0.15, 0.2) is 29.3 Å². The van der Waals surface area contributed by atoms with Crippen molar-refractivity contribution in [3.8, 4) is 5.75 Å². The maximum atomic E-state index is 6.04. The van der Waals surface area contributed by atoms with Crippen LogP contribution in [0.2, 0.25) is 0 Å². The van der Waals surface area contributed by atoms with Crippen LogP contribution < -0.4 is 15.8 Å². The van der Waals surface area contributed by atoms with E-state index >= 15 is 0 Å². The molecule has 108 valence electrons. The molecule has 0 aromatic heterocycles. The molecule has 5 heteroatoms. The maximum absolute atomic E-state index is 6.04. The fourth-order valence-electron chi connectivity index (χ4n) is 2.51. The lowest BCUT2D eigenvalue weighted by atomic mass is 10.0. The van der Waals surface area contributed by atoms with Gasteiger partial charge < -0.3 is 15.8 Å². The van der Waals surface area contributed by atoms with Crippen LogP contribution in [0.4, 0.5) is 0 Å². The molecule has 0 spiro atoms. The first-order valence-corrected chi connectivity index (χ1v) is 8.28. The van der Waals surface area contributed by atoms with Crippen LogP contribution in [0.3, 0.4) is 0 Å². The van der Waals surface area contributed by atoms with Gasteiger partial charge in [0.15, 0.2) is 5.96 Å². The van der Waals surface area contributed by atoms with Crippen LogP contribution in [0, 0.1) is 0 Å². The van der Waals surface area contributed by atoms with Gasteiger partial charge in [-0.2, -0.15) is 11.8 Å². The normalized spacial score (nSPS) is 23.6. The van der Waals surface area contributed by atoms with E-state index in [1.54, 1.807) is 0 Å². The van der Waals surface area contributed by atoms with Crippen LogP contribution >= 0.6 is 11.8 Å². The van der Waals surface area contributed by atoms with Gasteiger partial charge in [-0.25, -0.2) is 0 Å². The molecule has 0 bridgehead atoms. The lowest BCUT2D eigenvalue weighted by Gasteiger charge is -2.27. The summed E-state index contributed by atoms with van der Waals surface area (Å²) in [5, 5.41) is 3.34. The quantitative estimate of drug-likeness (QED) is 0.660. The van der Waals surface area contributed by atoms with Gasteiger partial charge in [-0.15, -0.1) is 0 Å². The third kappa shape index (κ3) is 2.87. The highest BCUT2D eigenvalue weighted by Crippen LogP contribution is 2.47. The van der Waals surface area contributed by atoms with Crippen LogP contribution in [-0.4, -0.2) is 30.1 Å². The molecule has 0 amide bonds. The first kappa shape index (κ1) is 13.6. The number of aliphatic imine (C=N–C) groups is 1. The number of thioether (sulfide) groups is 1. The van der Waals surface area contributed by atoms with Crippen molar-refractivity contribution in [3.05, 3.63) is 29.8 Å². The van der Waals surface area contributed by atoms with Crippen molar-refractivity contribution in [1.29, 1.82) is 0 Å². The second kappa shape index (κ2) is 5.56. The van der Waals surface area contributed by atoms with E-state index in [0.717, 1.165) is 25.3 Å². The Balaban J connectivity index is 1.65. The predicted octanol–water partition coefficient (Wildman–Crippen LogP) is 2.31. The number of ether oxygens (including phenoxy) is 1. The summed E-state index contributed by atoms with van der Waals surface area (Å²) in [6, 6.07) is 8.32. The number of fused-ring (bicyclic) bond motifs is 1. The van der Waals surface area contributed by atoms with Crippen LogP contribution in [0.5, 0.6) is 5.75 Å². The molecule has 0 radical (unpaired) electrons. The minimum absolute atomic E-state index is 0.202. The molecular weight excluding hydrogens is 270 g/mol. The molecule has 2 aliphatic rings. The van der Waals surface area contributed by atoms with Crippen molar-refractivity contribution in [3.63, 3.8) is 0 Å². The average molecular weight is 291 g/mol. The Kier molecular flexibility index (Phi) is 3.78. The van der Waals surface area contributed by atoms with Crippen molar-refractivity contribution in [2.75, 3.05) is 19.4 Å². The fraction of sp³-hybridized carbons (Fsp3) is 0.533. The Morgan fingerprint density at radius 3 is 3.05 bits per heavy atom. The highest BCUT2D eigenvalue weighted by atomic mass is 32.2. The second-order valence-electron chi connectivity index (χ2n) is 5.46. The molecule has 3 N–H and O–H groups in total. The highest BCUT2D eigenvalue weighted by Gasteiger charge is 2.41. The molecule has 1 saturated carbocycles. The minimum atomic E-state index is 0.202. The van der Waals surface area contributed by atoms with Gasteiger partial charge >= 0.3 is 0 Å². The molecule has 1 fully saturated rings. The smallest absolute Gasteiger partial charge is 0.189 e. The number of nitrogens with two attached hydrogens (primary N) is 1. The summed E-state index contributed by atoms with van der Waals surface area (Å²) in [4.78, 5) is 4.52. The molecule has 20 heavy (non-hydrogen) atoms. The van der Waals surface area contributed by atoms with E-state index in [0.29, 0.717) is 10.7 Å². The zero-order valence-electron chi connectivity index (χ0n) is 11.8. The minimum Gasteiger partial charge on any atom is -0.493 e. The van der Waals surface area contributed by atoms with Gasteiger partial charge in [-0.1, -0.05) is 18.2 Å². The Morgan fingerprint density at radius 1 is 1.50 bits per heavy atom. The lowest BCUT2D eigenvalue weighted by Crippen LogP contribution is -2.37. The van der Waals surface area contributed by atoms with Crippen molar-refractivity contribution < 1.29 is 4.74 Å². The average Bonchev–Trinajstić information content (AvgIpc) is 3.26. The van der Waals surface area contributed by atoms with Gasteiger partial charge in [0.25, 0.3) is 0 Å². The summed E-state index contributed by atoms with van der Waals surface area (Å²) in [5.41, 5.74) is 7.21. The number of nitrogens with zero attached hydrogens (tertiary/aromatic N) is 1. The summed E-state index contributed by atoms with van der Waals surface area (Å²) in [7, 11) is 0. The molecular formula is C15H21N3OS. The van der Waals surface area contributed by atoms with Crippen LogP contribution in [0.25, 0.3) is 0 Å². The van der Waals surface area contributed by atoms with Gasteiger partial charge in [0, 0.05) is 16.7 Å². The zero-order chi connectivity index (χ0) is 14.0. The summed E-state index contributed by atoms with van der Waals surface area (Å²) in [6.07, 6.45) is 5.58. The molecule has 1 aliphatic carbocycles. The van der Waals surface area contributed by atoms with Gasteiger partial charge in [-0.05, 0) is 25.2 Å². The second-order valence-corrected chi connectivity index (χ2v) is 6.73. The maximum Gasteiger partial charge on any atom is 0.189 e. The van der Waals surface area contributed by atoms with Crippen molar-refractivity contribution in [2.45, 2.75) is 30.1 Å². The molecule has 1 aliphatic heterocycles. The molecule has 1 heterocycles. The standard InChI is InChI=1S/C15H21N3OS/c1-20-15(7-8-15)10-17-14(16)18-12-6-9-19-13-5-3-2-4-11(12)13/h2-5,12H,6-10H2,1H3,(H3,16,17,18). The lowest BCUT2D eigenvalue weighted by molar-refractivity contribution is 0.262. The summed E-state index contributed by atoms with van der Waals surface area (Å²) >= 11 is 1.90. The Morgan fingerprint density at radius 2 is 2.30 bits per heavy atom. The van der Waals surface area contributed by atoms with E-state index in [-0.39, 0.29) is 6.04 Å². The molecule has 1 unspecified atom stereocenters. The van der Waals surface area contributed by atoms with E-state index in [1.807, 2.05) is 30.0 Å². The van der Waals surface area contributed by atoms with Crippen LogP contribution in [-0.2, 0) is 0 Å². The van der Waals surface area contributed by atoms with E-state index in [1.165, 1.54) is 18.4 Å².